The molecule has 0 amide bonds. The van der Waals surface area contributed by atoms with Gasteiger partial charge in [-0.3, -0.25) is 0 Å². The number of benzene rings is 2. The summed E-state index contributed by atoms with van der Waals surface area (Å²) in [7, 11) is 0. The second-order valence-corrected chi connectivity index (χ2v) is 3.95. The molecule has 0 saturated carbocycles. The van der Waals surface area contributed by atoms with Crippen molar-refractivity contribution in [3.8, 4) is 0 Å². The van der Waals surface area contributed by atoms with E-state index in [0.29, 0.717) is 6.54 Å². The average molecular weight is 212 g/mol. The lowest BCUT2D eigenvalue weighted by Crippen LogP contribution is -1.97. The van der Waals surface area contributed by atoms with E-state index in [4.69, 9.17) is 11.5 Å². The molecule has 2 aromatic carbocycles. The lowest BCUT2D eigenvalue weighted by molar-refractivity contribution is 1.06. The van der Waals surface area contributed by atoms with Crippen LogP contribution in [0.2, 0.25) is 0 Å². The molecule has 0 aliphatic heterocycles. The van der Waals surface area contributed by atoms with Crippen LogP contribution in [-0.4, -0.2) is 0 Å². The number of anilines is 1. The molecule has 0 atom stereocenters. The van der Waals surface area contributed by atoms with Gasteiger partial charge in [-0.2, -0.15) is 0 Å². The quantitative estimate of drug-likeness (QED) is 0.767. The minimum Gasteiger partial charge on any atom is -0.399 e. The van der Waals surface area contributed by atoms with Crippen LogP contribution in [0.1, 0.15) is 16.7 Å². The van der Waals surface area contributed by atoms with E-state index in [0.717, 1.165) is 12.1 Å². The Kier molecular flexibility index (Phi) is 3.22. The molecule has 82 valence electrons. The fourth-order valence-electron chi connectivity index (χ4n) is 1.81. The van der Waals surface area contributed by atoms with Gasteiger partial charge in [-0.1, -0.05) is 36.4 Å². The van der Waals surface area contributed by atoms with Gasteiger partial charge in [-0.05, 0) is 35.2 Å². The van der Waals surface area contributed by atoms with Crippen LogP contribution in [0, 0.1) is 0 Å². The Labute approximate surface area is 95.9 Å². The summed E-state index contributed by atoms with van der Waals surface area (Å²) in [6.07, 6.45) is 0.902. The van der Waals surface area contributed by atoms with Gasteiger partial charge in [0.25, 0.3) is 0 Å². The highest BCUT2D eigenvalue weighted by Gasteiger charge is 1.98. The number of nitrogens with two attached hydrogens (primary N) is 2. The predicted octanol–water partition coefficient (Wildman–Crippen LogP) is 2.32. The zero-order valence-corrected chi connectivity index (χ0v) is 9.19. The third-order valence-electron chi connectivity index (χ3n) is 2.59. The topological polar surface area (TPSA) is 52.0 Å². The SMILES string of the molecule is NCc1cccc(Cc2cccc(N)c2)c1. The zero-order valence-electron chi connectivity index (χ0n) is 9.19. The maximum Gasteiger partial charge on any atom is 0.0316 e. The molecule has 0 aliphatic carbocycles. The van der Waals surface area contributed by atoms with Gasteiger partial charge >= 0.3 is 0 Å². The van der Waals surface area contributed by atoms with E-state index in [1.807, 2.05) is 30.3 Å². The van der Waals surface area contributed by atoms with Crippen molar-refractivity contribution in [3.63, 3.8) is 0 Å². The van der Waals surface area contributed by atoms with Gasteiger partial charge in [0.2, 0.25) is 0 Å². The molecular formula is C14H16N2. The third kappa shape index (κ3) is 2.61. The van der Waals surface area contributed by atoms with Crippen LogP contribution in [0.25, 0.3) is 0 Å². The first-order chi connectivity index (χ1) is 7.78. The van der Waals surface area contributed by atoms with Crippen LogP contribution in [0.4, 0.5) is 5.69 Å². The van der Waals surface area contributed by atoms with Crippen molar-refractivity contribution in [2.45, 2.75) is 13.0 Å². The molecule has 2 heteroatoms. The second kappa shape index (κ2) is 4.81. The molecule has 2 nitrogen and oxygen atoms in total. The van der Waals surface area contributed by atoms with Crippen LogP contribution in [0.3, 0.4) is 0 Å². The summed E-state index contributed by atoms with van der Waals surface area (Å²) >= 11 is 0. The zero-order chi connectivity index (χ0) is 11.4. The molecule has 4 N–H and O–H groups in total. The Bertz CT molecular complexity index is 478. The van der Waals surface area contributed by atoms with Gasteiger partial charge in [0.15, 0.2) is 0 Å². The van der Waals surface area contributed by atoms with E-state index >= 15 is 0 Å². The number of rotatable bonds is 3. The lowest BCUT2D eigenvalue weighted by Gasteiger charge is -2.05. The predicted molar refractivity (Wildman–Crippen MR) is 68.0 cm³/mol. The molecule has 0 aliphatic rings. The van der Waals surface area contributed by atoms with Crippen molar-refractivity contribution in [2.24, 2.45) is 5.73 Å². The molecule has 2 aromatic rings. The van der Waals surface area contributed by atoms with Crippen molar-refractivity contribution < 1.29 is 0 Å². The molecule has 16 heavy (non-hydrogen) atoms. The van der Waals surface area contributed by atoms with E-state index in [1.54, 1.807) is 0 Å². The molecule has 0 unspecified atom stereocenters. The van der Waals surface area contributed by atoms with Gasteiger partial charge in [-0.15, -0.1) is 0 Å². The molecule has 0 saturated heterocycles. The first-order valence-electron chi connectivity index (χ1n) is 5.40. The normalized spacial score (nSPS) is 10.3. The number of hydrogen-bond donors (Lipinski definition) is 2. The Morgan fingerprint density at radius 2 is 1.44 bits per heavy atom. The summed E-state index contributed by atoms with van der Waals surface area (Å²) in [5.41, 5.74) is 15.8. The van der Waals surface area contributed by atoms with Gasteiger partial charge in [0.1, 0.15) is 0 Å². The number of hydrogen-bond acceptors (Lipinski definition) is 2. The second-order valence-electron chi connectivity index (χ2n) is 3.95. The van der Waals surface area contributed by atoms with Gasteiger partial charge in [-0.25, -0.2) is 0 Å². The third-order valence-corrected chi connectivity index (χ3v) is 2.59. The van der Waals surface area contributed by atoms with Crippen LogP contribution < -0.4 is 11.5 Å². The molecule has 0 aromatic heterocycles. The molecule has 0 spiro atoms. The fraction of sp³-hybridized carbons (Fsp3) is 0.143. The van der Waals surface area contributed by atoms with Crippen molar-refractivity contribution in [1.82, 2.24) is 0 Å². The monoisotopic (exact) mass is 212 g/mol. The molecule has 0 radical (unpaired) electrons. The Morgan fingerprint density at radius 1 is 0.812 bits per heavy atom. The maximum absolute atomic E-state index is 5.75. The van der Waals surface area contributed by atoms with Crippen LogP contribution >= 0.6 is 0 Å². The minimum absolute atomic E-state index is 0.588. The van der Waals surface area contributed by atoms with Gasteiger partial charge < -0.3 is 11.5 Å². The minimum atomic E-state index is 0.588. The summed E-state index contributed by atoms with van der Waals surface area (Å²) < 4.78 is 0. The molecule has 0 heterocycles. The molecule has 0 fully saturated rings. The van der Waals surface area contributed by atoms with Crippen molar-refractivity contribution in [3.05, 3.63) is 65.2 Å². The lowest BCUT2D eigenvalue weighted by atomic mass is 10.0. The fourth-order valence-corrected chi connectivity index (χ4v) is 1.81. The van der Waals surface area contributed by atoms with Crippen LogP contribution in [0.15, 0.2) is 48.5 Å². The Hall–Kier alpha value is -1.80. The first kappa shape index (κ1) is 10.7. The highest BCUT2D eigenvalue weighted by atomic mass is 14.5. The van der Waals surface area contributed by atoms with E-state index in [2.05, 4.69) is 18.2 Å². The summed E-state index contributed by atoms with van der Waals surface area (Å²) in [6.45, 7) is 0.588. The molecule has 0 bridgehead atoms. The van der Waals surface area contributed by atoms with E-state index in [9.17, 15) is 0 Å². The number of nitrogen functional groups attached to an aromatic ring is 1. The first-order valence-corrected chi connectivity index (χ1v) is 5.40. The standard InChI is InChI=1S/C14H16N2/c15-10-13-5-1-3-11(8-13)7-12-4-2-6-14(16)9-12/h1-6,8-9H,7,10,15-16H2. The Balaban J connectivity index is 2.20. The largest absolute Gasteiger partial charge is 0.399 e. The van der Waals surface area contributed by atoms with Crippen molar-refractivity contribution in [2.75, 3.05) is 5.73 Å². The highest BCUT2D eigenvalue weighted by molar-refractivity contribution is 5.42. The van der Waals surface area contributed by atoms with E-state index < -0.39 is 0 Å². The van der Waals surface area contributed by atoms with Crippen molar-refractivity contribution >= 4 is 5.69 Å². The van der Waals surface area contributed by atoms with Gasteiger partial charge in [0, 0.05) is 12.2 Å². The van der Waals surface area contributed by atoms with Crippen molar-refractivity contribution in [1.29, 1.82) is 0 Å². The average Bonchev–Trinajstić information content (AvgIpc) is 2.29. The molecule has 2 rings (SSSR count). The van der Waals surface area contributed by atoms with Gasteiger partial charge in [0.05, 0.1) is 0 Å². The van der Waals surface area contributed by atoms with Crippen LogP contribution in [-0.2, 0) is 13.0 Å². The van der Waals surface area contributed by atoms with Crippen LogP contribution in [0.5, 0.6) is 0 Å². The summed E-state index contributed by atoms with van der Waals surface area (Å²) in [4.78, 5) is 0. The van der Waals surface area contributed by atoms with E-state index in [-0.39, 0.29) is 0 Å². The van der Waals surface area contributed by atoms with E-state index in [1.165, 1.54) is 16.7 Å². The highest BCUT2D eigenvalue weighted by Crippen LogP contribution is 2.13. The summed E-state index contributed by atoms with van der Waals surface area (Å²) in [5, 5.41) is 0. The summed E-state index contributed by atoms with van der Waals surface area (Å²) in [6, 6.07) is 16.3. The summed E-state index contributed by atoms with van der Waals surface area (Å²) in [5.74, 6) is 0. The molecular weight excluding hydrogens is 196 g/mol. The smallest absolute Gasteiger partial charge is 0.0316 e. The Morgan fingerprint density at radius 3 is 2.12 bits per heavy atom. The maximum atomic E-state index is 5.75.